The predicted molar refractivity (Wildman–Crippen MR) is 294 cm³/mol. The van der Waals surface area contributed by atoms with Gasteiger partial charge in [-0.15, -0.1) is 0 Å². The molecular formula is C59H104O12S. The van der Waals surface area contributed by atoms with Crippen LogP contribution in [-0.4, -0.2) is 97.5 Å². The Morgan fingerprint density at radius 2 is 0.931 bits per heavy atom. The second-order valence-corrected chi connectivity index (χ2v) is 20.6. The van der Waals surface area contributed by atoms with Crippen LogP contribution in [0, 0.1) is 0 Å². The van der Waals surface area contributed by atoms with Gasteiger partial charge in [0.15, 0.2) is 6.29 Å². The average Bonchev–Trinajstić information content (AvgIpc) is 3.36. The summed E-state index contributed by atoms with van der Waals surface area (Å²) in [4.78, 5) is 12.9. The summed E-state index contributed by atoms with van der Waals surface area (Å²) < 4.78 is 59.3. The normalized spacial score (nSPS) is 19.4. The Kier molecular flexibility index (Phi) is 46.4. The largest absolute Gasteiger partial charge is 0.457 e. The molecule has 1 saturated heterocycles. The fourth-order valence-electron chi connectivity index (χ4n) is 8.58. The Morgan fingerprint density at radius 3 is 1.32 bits per heavy atom. The first-order valence-electron chi connectivity index (χ1n) is 28.7. The Morgan fingerprint density at radius 1 is 0.542 bits per heavy atom. The molecule has 0 radical (unpaired) electrons. The third-order valence-corrected chi connectivity index (χ3v) is 13.3. The number of carbonyl (C=O) groups is 1. The first-order chi connectivity index (χ1) is 35.1. The maximum absolute atomic E-state index is 12.9. The van der Waals surface area contributed by atoms with Crippen molar-refractivity contribution in [3.8, 4) is 0 Å². The van der Waals surface area contributed by atoms with Crippen molar-refractivity contribution in [2.75, 3.05) is 26.4 Å². The van der Waals surface area contributed by atoms with Gasteiger partial charge in [0.1, 0.15) is 30.5 Å². The highest BCUT2D eigenvalue weighted by molar-refractivity contribution is 7.80. The highest BCUT2D eigenvalue weighted by Crippen LogP contribution is 2.26. The van der Waals surface area contributed by atoms with Crippen LogP contribution in [-0.2, 0) is 38.3 Å². The zero-order chi connectivity index (χ0) is 52.4. The molecule has 0 spiro atoms. The molecule has 13 heteroatoms. The molecule has 1 rings (SSSR count). The molecule has 0 saturated carbocycles. The molecule has 1 aliphatic heterocycles. The molecule has 0 bridgehead atoms. The molecule has 1 aliphatic rings. The second-order valence-electron chi connectivity index (χ2n) is 19.5. The first kappa shape index (κ1) is 67.6. The molecule has 0 aliphatic carbocycles. The summed E-state index contributed by atoms with van der Waals surface area (Å²) in [5.74, 6) is -0.478. The van der Waals surface area contributed by atoms with Crippen LogP contribution in [0.1, 0.15) is 232 Å². The smallest absolute Gasteiger partial charge is 0.397 e. The molecule has 0 amide bonds. The zero-order valence-corrected chi connectivity index (χ0v) is 46.0. The Hall–Kier alpha value is -2.46. The third kappa shape index (κ3) is 41.8. The number of rotatable bonds is 50. The van der Waals surface area contributed by atoms with E-state index in [1.807, 2.05) is 12.2 Å². The van der Waals surface area contributed by atoms with Crippen LogP contribution in [0.2, 0.25) is 0 Å². The number of ether oxygens (including phenoxy) is 4. The number of allylic oxidation sites excluding steroid dienone is 12. The van der Waals surface area contributed by atoms with E-state index in [9.17, 15) is 33.1 Å². The molecule has 418 valence electrons. The van der Waals surface area contributed by atoms with Gasteiger partial charge >= 0.3 is 16.4 Å². The molecule has 6 unspecified atom stereocenters. The number of unbranched alkanes of at least 4 members (excludes halogenated alkanes) is 25. The molecule has 0 aromatic carbocycles. The van der Waals surface area contributed by atoms with Crippen LogP contribution in [0.25, 0.3) is 0 Å². The summed E-state index contributed by atoms with van der Waals surface area (Å²) in [7, 11) is -5.08. The van der Waals surface area contributed by atoms with Gasteiger partial charge in [0, 0.05) is 13.0 Å². The lowest BCUT2D eigenvalue weighted by atomic mass is 9.99. The van der Waals surface area contributed by atoms with Crippen LogP contribution in [0.4, 0.5) is 0 Å². The number of aliphatic hydroxyl groups excluding tert-OH is 3. The van der Waals surface area contributed by atoms with Gasteiger partial charge in [-0.1, -0.05) is 247 Å². The van der Waals surface area contributed by atoms with Crippen molar-refractivity contribution in [3.63, 3.8) is 0 Å². The van der Waals surface area contributed by atoms with Crippen molar-refractivity contribution >= 4 is 16.4 Å². The molecule has 4 N–H and O–H groups in total. The lowest BCUT2D eigenvalue weighted by Gasteiger charge is -2.41. The molecule has 1 heterocycles. The summed E-state index contributed by atoms with van der Waals surface area (Å²) in [5.41, 5.74) is 0. The number of aliphatic hydroxyl groups is 3. The highest BCUT2D eigenvalue weighted by Gasteiger charge is 2.48. The summed E-state index contributed by atoms with van der Waals surface area (Å²) in [6, 6.07) is 0. The summed E-state index contributed by atoms with van der Waals surface area (Å²) in [5, 5.41) is 30.8. The van der Waals surface area contributed by atoms with Crippen LogP contribution in [0.5, 0.6) is 0 Å². The minimum Gasteiger partial charge on any atom is -0.457 e. The molecule has 72 heavy (non-hydrogen) atoms. The molecule has 6 atom stereocenters. The molecule has 1 fully saturated rings. The van der Waals surface area contributed by atoms with Gasteiger partial charge in [-0.05, 0) is 51.4 Å². The standard InChI is InChI=1S/C59H104O12S/c1-3-5-7-9-11-13-15-17-19-21-23-24-25-26-27-28-29-31-33-35-37-39-41-43-45-47-49-67-51-53(52-68-59-57(63)58(71-72(64,65)66)56(62)54(50-60)70-59)69-55(61)48-46-44-42-40-38-36-34-32-30-22-20-18-16-14-12-10-8-6-4-2/h6,8,12,14,18,20,30,32,36,38,42,44,53-54,56-60,62-63H,3-5,7,9-11,13,15-17,19,21-29,31,33-35,37,39-41,43,45-52H2,1-2H3,(H,64,65,66)/b8-6-,14-12-,20-18-,32-30-,38-36-,44-42-. The lowest BCUT2D eigenvalue weighted by Crippen LogP contribution is -2.60. The van der Waals surface area contributed by atoms with E-state index in [2.05, 4.69) is 78.8 Å². The van der Waals surface area contributed by atoms with E-state index in [1.54, 1.807) is 0 Å². The van der Waals surface area contributed by atoms with Crippen molar-refractivity contribution in [3.05, 3.63) is 72.9 Å². The third-order valence-electron chi connectivity index (χ3n) is 12.9. The monoisotopic (exact) mass is 1040 g/mol. The minimum absolute atomic E-state index is 0.00487. The van der Waals surface area contributed by atoms with E-state index in [0.717, 1.165) is 57.8 Å². The SMILES string of the molecule is CC/C=C\C/C=C\C/C=C\C/C=C\C/C=C\C/C=C\CCC(=O)OC(COCCCCCCCCCCCCCCCCCCCCCCCCCCCC)COC1OC(CO)C(O)C(OS(=O)(=O)O)C1O. The van der Waals surface area contributed by atoms with Crippen molar-refractivity contribution in [1.29, 1.82) is 0 Å². The van der Waals surface area contributed by atoms with Gasteiger partial charge in [0.25, 0.3) is 0 Å². The van der Waals surface area contributed by atoms with Crippen LogP contribution >= 0.6 is 0 Å². The van der Waals surface area contributed by atoms with Gasteiger partial charge in [-0.3, -0.25) is 9.35 Å². The number of carbonyl (C=O) groups excluding carboxylic acids is 1. The molecule has 12 nitrogen and oxygen atoms in total. The molecule has 0 aromatic heterocycles. The van der Waals surface area contributed by atoms with E-state index < -0.39 is 59.8 Å². The van der Waals surface area contributed by atoms with E-state index >= 15 is 0 Å². The Labute approximate surface area is 439 Å². The van der Waals surface area contributed by atoms with Crippen LogP contribution < -0.4 is 0 Å². The number of esters is 1. The van der Waals surface area contributed by atoms with E-state index in [0.29, 0.717) is 13.0 Å². The summed E-state index contributed by atoms with van der Waals surface area (Å²) in [6.45, 7) is 3.82. The van der Waals surface area contributed by atoms with Gasteiger partial charge in [0.2, 0.25) is 0 Å². The summed E-state index contributed by atoms with van der Waals surface area (Å²) >= 11 is 0. The van der Waals surface area contributed by atoms with Crippen LogP contribution in [0.15, 0.2) is 72.9 Å². The van der Waals surface area contributed by atoms with Gasteiger partial charge in [0.05, 0.1) is 19.8 Å². The Balaban J connectivity index is 2.32. The fourth-order valence-corrected chi connectivity index (χ4v) is 9.09. The Bertz CT molecular complexity index is 1520. The van der Waals surface area contributed by atoms with Crippen molar-refractivity contribution < 1.29 is 56.2 Å². The van der Waals surface area contributed by atoms with E-state index in [4.69, 9.17) is 18.9 Å². The topological polar surface area (TPSA) is 178 Å². The van der Waals surface area contributed by atoms with E-state index in [-0.39, 0.29) is 19.6 Å². The van der Waals surface area contributed by atoms with E-state index in [1.165, 1.54) is 148 Å². The number of hydrogen-bond donors (Lipinski definition) is 4. The van der Waals surface area contributed by atoms with Gasteiger partial charge in [-0.2, -0.15) is 8.42 Å². The minimum atomic E-state index is -5.08. The van der Waals surface area contributed by atoms with Gasteiger partial charge < -0.3 is 34.3 Å². The maximum atomic E-state index is 12.9. The van der Waals surface area contributed by atoms with Crippen molar-refractivity contribution in [2.45, 2.75) is 269 Å². The zero-order valence-electron chi connectivity index (χ0n) is 45.2. The quantitative estimate of drug-likeness (QED) is 0.0196. The highest BCUT2D eigenvalue weighted by atomic mass is 32.3. The molecule has 0 aromatic rings. The fraction of sp³-hybridized carbons (Fsp3) is 0.780. The van der Waals surface area contributed by atoms with Crippen molar-refractivity contribution in [1.82, 2.24) is 0 Å². The van der Waals surface area contributed by atoms with Gasteiger partial charge in [-0.25, -0.2) is 4.18 Å². The second kappa shape index (κ2) is 49.4. The summed E-state index contributed by atoms with van der Waals surface area (Å²) in [6.07, 6.45) is 56.8. The lowest BCUT2D eigenvalue weighted by molar-refractivity contribution is -0.301. The van der Waals surface area contributed by atoms with Crippen LogP contribution in [0.3, 0.4) is 0 Å². The average molecular weight is 1040 g/mol. The number of hydrogen-bond acceptors (Lipinski definition) is 11. The molecular weight excluding hydrogens is 933 g/mol. The first-order valence-corrected chi connectivity index (χ1v) is 30.1. The predicted octanol–water partition coefficient (Wildman–Crippen LogP) is 14.2. The maximum Gasteiger partial charge on any atom is 0.397 e. The van der Waals surface area contributed by atoms with Crippen molar-refractivity contribution in [2.24, 2.45) is 0 Å².